The van der Waals surface area contributed by atoms with Crippen molar-refractivity contribution in [3.63, 3.8) is 0 Å². The fourth-order valence-corrected chi connectivity index (χ4v) is 1.83. The molecule has 0 aliphatic rings. The zero-order valence-electron chi connectivity index (χ0n) is 8.87. The third-order valence-electron chi connectivity index (χ3n) is 1.76. The van der Waals surface area contributed by atoms with Crippen molar-refractivity contribution in [1.29, 1.82) is 0 Å². The number of hydrogen-bond donors (Lipinski definition) is 3. The number of nitrogens with two attached hydrogens (primary N) is 1. The fraction of sp³-hybridized carbons (Fsp3) is 0.286. The molecule has 0 unspecified atom stereocenters. The van der Waals surface area contributed by atoms with E-state index in [-0.39, 0.29) is 11.5 Å². The van der Waals surface area contributed by atoms with E-state index in [4.69, 9.17) is 5.73 Å². The minimum atomic E-state index is -0.695. The minimum Gasteiger partial charge on any atom is -0.352 e. The number of rotatable bonds is 5. The lowest BCUT2D eigenvalue weighted by molar-refractivity contribution is 0.249. The van der Waals surface area contributed by atoms with Gasteiger partial charge in [0.2, 0.25) is 5.82 Å². The smallest absolute Gasteiger partial charge is 0.352 e. The maximum absolute atomic E-state index is 10.8. The Morgan fingerprint density at radius 3 is 2.94 bits per heavy atom. The molecule has 2 amide bonds. The first-order valence-corrected chi connectivity index (χ1v) is 5.70. The van der Waals surface area contributed by atoms with Gasteiger partial charge in [0.05, 0.1) is 0 Å². The first kappa shape index (κ1) is 12.2. The topological polar surface area (TPSA) is 153 Å². The highest BCUT2D eigenvalue weighted by Gasteiger charge is 2.16. The Hall–Kier alpha value is -2.30. The van der Waals surface area contributed by atoms with E-state index in [2.05, 4.69) is 34.9 Å². The molecule has 2 aromatic rings. The molecule has 0 atom stereocenters. The van der Waals surface area contributed by atoms with Crippen LogP contribution in [-0.4, -0.2) is 38.8 Å². The summed E-state index contributed by atoms with van der Waals surface area (Å²) in [6, 6.07) is -0.602. The van der Waals surface area contributed by atoms with Crippen LogP contribution in [0.15, 0.2) is 19.0 Å². The van der Waals surface area contributed by atoms with Gasteiger partial charge in [0.1, 0.15) is 0 Å². The molecule has 10 nitrogen and oxygen atoms in total. The van der Waals surface area contributed by atoms with Gasteiger partial charge in [0.15, 0.2) is 10.7 Å². The standard InChI is InChI=1S/C7H8N6O4S/c8-6(14)9-1-2-18-5-3(11-17-13-5)4-10-7(15)16-12-4/h1-2H2,(H3,8,9,14)(H,10,12,15). The van der Waals surface area contributed by atoms with Crippen molar-refractivity contribution < 1.29 is 13.9 Å². The van der Waals surface area contributed by atoms with Gasteiger partial charge in [-0.1, -0.05) is 16.9 Å². The Labute approximate surface area is 103 Å². The molecule has 4 N–H and O–H groups in total. The number of primary amides is 1. The Kier molecular flexibility index (Phi) is 3.62. The Morgan fingerprint density at radius 2 is 2.28 bits per heavy atom. The highest BCUT2D eigenvalue weighted by atomic mass is 32.2. The molecule has 2 rings (SSSR count). The molecule has 0 radical (unpaired) electrons. The highest BCUT2D eigenvalue weighted by molar-refractivity contribution is 7.99. The van der Waals surface area contributed by atoms with E-state index in [1.165, 1.54) is 11.8 Å². The van der Waals surface area contributed by atoms with Gasteiger partial charge in [-0.25, -0.2) is 14.2 Å². The summed E-state index contributed by atoms with van der Waals surface area (Å²) >= 11 is 1.26. The van der Waals surface area contributed by atoms with E-state index in [0.717, 1.165) is 0 Å². The van der Waals surface area contributed by atoms with Crippen LogP contribution in [0.3, 0.4) is 0 Å². The normalized spacial score (nSPS) is 10.4. The van der Waals surface area contributed by atoms with Crippen molar-refractivity contribution in [2.24, 2.45) is 5.73 Å². The summed E-state index contributed by atoms with van der Waals surface area (Å²) < 4.78 is 8.90. The second kappa shape index (κ2) is 5.35. The molecule has 2 heterocycles. The SMILES string of the molecule is NC(=O)NCCSc1nonc1-c1noc(=O)[nH]1. The van der Waals surface area contributed by atoms with Crippen molar-refractivity contribution in [3.8, 4) is 11.5 Å². The molecular weight excluding hydrogens is 264 g/mol. The lowest BCUT2D eigenvalue weighted by Gasteiger charge is -1.99. The second-order valence-corrected chi connectivity index (χ2v) is 4.08. The number of aromatic amines is 1. The predicted octanol–water partition coefficient (Wildman–Crippen LogP) is -0.827. The predicted molar refractivity (Wildman–Crippen MR) is 58.7 cm³/mol. The van der Waals surface area contributed by atoms with Crippen LogP contribution in [-0.2, 0) is 0 Å². The van der Waals surface area contributed by atoms with Crippen molar-refractivity contribution in [2.45, 2.75) is 5.03 Å². The monoisotopic (exact) mass is 272 g/mol. The zero-order valence-corrected chi connectivity index (χ0v) is 9.69. The van der Waals surface area contributed by atoms with Crippen LogP contribution in [0.1, 0.15) is 0 Å². The van der Waals surface area contributed by atoms with E-state index in [0.29, 0.717) is 17.3 Å². The number of carbonyl (C=O) groups excluding carboxylic acids is 1. The average Bonchev–Trinajstić information content (AvgIpc) is 2.92. The number of H-pyrrole nitrogens is 1. The van der Waals surface area contributed by atoms with Crippen LogP contribution in [0.5, 0.6) is 0 Å². The Morgan fingerprint density at radius 1 is 1.44 bits per heavy atom. The zero-order chi connectivity index (χ0) is 13.0. The molecule has 2 aromatic heterocycles. The lowest BCUT2D eigenvalue weighted by Crippen LogP contribution is -2.31. The van der Waals surface area contributed by atoms with Crippen LogP contribution in [0.4, 0.5) is 4.79 Å². The fourth-order valence-electron chi connectivity index (χ4n) is 1.07. The molecule has 0 aliphatic carbocycles. The lowest BCUT2D eigenvalue weighted by atomic mass is 10.5. The maximum Gasteiger partial charge on any atom is 0.439 e. The molecule has 0 saturated carbocycles. The summed E-state index contributed by atoms with van der Waals surface area (Å²) in [5.74, 6) is -0.0577. The van der Waals surface area contributed by atoms with E-state index >= 15 is 0 Å². The summed E-state index contributed by atoms with van der Waals surface area (Å²) in [6.07, 6.45) is 0. The first-order valence-electron chi connectivity index (χ1n) is 4.72. The van der Waals surface area contributed by atoms with E-state index in [9.17, 15) is 9.59 Å². The van der Waals surface area contributed by atoms with Gasteiger partial charge in [0, 0.05) is 12.3 Å². The molecule has 18 heavy (non-hydrogen) atoms. The largest absolute Gasteiger partial charge is 0.439 e. The average molecular weight is 272 g/mol. The van der Waals surface area contributed by atoms with Crippen molar-refractivity contribution in [1.82, 2.24) is 25.8 Å². The number of hydrogen-bond acceptors (Lipinski definition) is 8. The number of thioether (sulfide) groups is 1. The number of nitrogens with zero attached hydrogens (tertiary/aromatic N) is 3. The Bertz CT molecular complexity index is 589. The van der Waals surface area contributed by atoms with E-state index < -0.39 is 11.8 Å². The van der Waals surface area contributed by atoms with Crippen molar-refractivity contribution in [2.75, 3.05) is 12.3 Å². The molecule has 0 aliphatic heterocycles. The quantitative estimate of drug-likeness (QED) is 0.471. The van der Waals surface area contributed by atoms with E-state index in [1.807, 2.05) is 0 Å². The molecule has 0 spiro atoms. The van der Waals surface area contributed by atoms with Crippen LogP contribution >= 0.6 is 11.8 Å². The van der Waals surface area contributed by atoms with Crippen LogP contribution in [0.2, 0.25) is 0 Å². The summed E-state index contributed by atoms with van der Waals surface area (Å²) in [4.78, 5) is 23.6. The van der Waals surface area contributed by atoms with Crippen LogP contribution < -0.4 is 16.8 Å². The summed E-state index contributed by atoms with van der Waals surface area (Å²) in [6.45, 7) is 0.363. The van der Waals surface area contributed by atoms with Gasteiger partial charge in [-0.15, -0.1) is 0 Å². The molecule has 0 saturated heterocycles. The van der Waals surface area contributed by atoms with Crippen LogP contribution in [0, 0.1) is 0 Å². The second-order valence-electron chi connectivity index (χ2n) is 3.00. The van der Waals surface area contributed by atoms with Gasteiger partial charge in [-0.2, -0.15) is 0 Å². The van der Waals surface area contributed by atoms with Gasteiger partial charge in [-0.05, 0) is 10.3 Å². The number of amides is 2. The maximum atomic E-state index is 10.8. The molecule has 0 aromatic carbocycles. The van der Waals surface area contributed by atoms with Gasteiger partial charge in [-0.3, -0.25) is 9.51 Å². The summed E-state index contributed by atoms with van der Waals surface area (Å²) in [5, 5.41) is 13.6. The molecule has 11 heteroatoms. The molecule has 0 bridgehead atoms. The third-order valence-corrected chi connectivity index (χ3v) is 2.71. The Balaban J connectivity index is 2.00. The highest BCUT2D eigenvalue weighted by Crippen LogP contribution is 2.24. The third kappa shape index (κ3) is 2.88. The first-order chi connectivity index (χ1) is 8.66. The van der Waals surface area contributed by atoms with Crippen molar-refractivity contribution >= 4 is 17.8 Å². The summed E-state index contributed by atoms with van der Waals surface area (Å²) in [7, 11) is 0. The van der Waals surface area contributed by atoms with Gasteiger partial charge >= 0.3 is 11.8 Å². The number of carbonyl (C=O) groups is 1. The van der Waals surface area contributed by atoms with Gasteiger partial charge < -0.3 is 11.1 Å². The van der Waals surface area contributed by atoms with Crippen LogP contribution in [0.25, 0.3) is 11.5 Å². The number of urea groups is 1. The van der Waals surface area contributed by atoms with Gasteiger partial charge in [0.25, 0.3) is 0 Å². The number of nitrogens with one attached hydrogen (secondary N) is 2. The number of aromatic nitrogens is 4. The summed E-state index contributed by atoms with van der Waals surface area (Å²) in [5.41, 5.74) is 5.18. The van der Waals surface area contributed by atoms with Crippen molar-refractivity contribution in [3.05, 3.63) is 10.6 Å². The molecule has 96 valence electrons. The molecule has 0 fully saturated rings. The molecular formula is C7H8N6O4S. The minimum absolute atomic E-state index is 0.131. The van der Waals surface area contributed by atoms with E-state index in [1.54, 1.807) is 0 Å².